The predicted molar refractivity (Wildman–Crippen MR) is 72.2 cm³/mol. The molecule has 18 heavy (non-hydrogen) atoms. The fourth-order valence-corrected chi connectivity index (χ4v) is 2.68. The number of hydrazine groups is 1. The highest BCUT2D eigenvalue weighted by Gasteiger charge is 2.20. The molecule has 4 rings (SSSR count). The van der Waals surface area contributed by atoms with Crippen LogP contribution in [0.4, 0.5) is 0 Å². The first kappa shape index (κ1) is 10.1. The van der Waals surface area contributed by atoms with Crippen LogP contribution >= 0.6 is 0 Å². The van der Waals surface area contributed by atoms with Crippen molar-refractivity contribution >= 4 is 21.7 Å². The number of nitrogens with one attached hydrogen (secondary N) is 2. The molecule has 1 unspecified atom stereocenters. The molecule has 1 atom stereocenters. The number of hydrogen-bond donors (Lipinski definition) is 2. The Bertz CT molecular complexity index is 711. The summed E-state index contributed by atoms with van der Waals surface area (Å²) in [6, 6.07) is 15.1. The van der Waals surface area contributed by atoms with Crippen LogP contribution in [0.3, 0.4) is 0 Å². The van der Waals surface area contributed by atoms with Gasteiger partial charge in [0.05, 0.1) is 6.04 Å². The van der Waals surface area contributed by atoms with Gasteiger partial charge in [-0.1, -0.05) is 30.3 Å². The van der Waals surface area contributed by atoms with E-state index in [-0.39, 0.29) is 6.04 Å². The third kappa shape index (κ3) is 1.45. The number of fused-ring (bicyclic) bond motifs is 3. The van der Waals surface area contributed by atoms with Crippen molar-refractivity contribution in [2.24, 2.45) is 0 Å². The molecule has 1 aliphatic rings. The van der Waals surface area contributed by atoms with Crippen molar-refractivity contribution < 1.29 is 4.42 Å². The van der Waals surface area contributed by atoms with Crippen LogP contribution in [0.25, 0.3) is 21.7 Å². The Kier molecular flexibility index (Phi) is 2.15. The van der Waals surface area contributed by atoms with Gasteiger partial charge in [0.1, 0.15) is 11.3 Å². The van der Waals surface area contributed by atoms with Crippen molar-refractivity contribution in [1.29, 1.82) is 0 Å². The first-order valence-electron chi connectivity index (χ1n) is 6.31. The van der Waals surface area contributed by atoms with Gasteiger partial charge in [-0.2, -0.15) is 0 Å². The molecule has 90 valence electrons. The Hall–Kier alpha value is -1.84. The van der Waals surface area contributed by atoms with Crippen molar-refractivity contribution in [3.63, 3.8) is 0 Å². The second-order valence-corrected chi connectivity index (χ2v) is 4.76. The van der Waals surface area contributed by atoms with Crippen molar-refractivity contribution in [2.75, 3.05) is 6.54 Å². The van der Waals surface area contributed by atoms with Gasteiger partial charge in [-0.15, -0.1) is 0 Å². The first-order valence-corrected chi connectivity index (χ1v) is 6.31. The summed E-state index contributed by atoms with van der Waals surface area (Å²) in [5.74, 6) is 1.02. The van der Waals surface area contributed by atoms with E-state index in [1.807, 2.05) is 0 Å². The van der Waals surface area contributed by atoms with E-state index in [1.165, 1.54) is 16.2 Å². The molecule has 0 amide bonds. The van der Waals surface area contributed by atoms with Gasteiger partial charge in [-0.3, -0.25) is 5.43 Å². The van der Waals surface area contributed by atoms with Crippen molar-refractivity contribution in [3.05, 3.63) is 48.2 Å². The van der Waals surface area contributed by atoms with E-state index >= 15 is 0 Å². The minimum absolute atomic E-state index is 0.288. The van der Waals surface area contributed by atoms with Gasteiger partial charge < -0.3 is 4.42 Å². The summed E-state index contributed by atoms with van der Waals surface area (Å²) in [7, 11) is 0. The fraction of sp³-hybridized carbons (Fsp3) is 0.200. The zero-order chi connectivity index (χ0) is 11.9. The lowest BCUT2D eigenvalue weighted by molar-refractivity contribution is 0.455. The minimum atomic E-state index is 0.288. The van der Waals surface area contributed by atoms with Crippen molar-refractivity contribution in [3.8, 4) is 0 Å². The Morgan fingerprint density at radius 1 is 1.06 bits per heavy atom. The standard InChI is InChI=1S/C15H14N2O/c1-2-4-11-10(3-1)5-6-14-12(11)9-15(18-14)13-7-8-16-17-13/h1-6,9,13,16-17H,7-8H2. The molecule has 2 N–H and O–H groups in total. The van der Waals surface area contributed by atoms with Gasteiger partial charge >= 0.3 is 0 Å². The summed E-state index contributed by atoms with van der Waals surface area (Å²) in [6.07, 6.45) is 1.07. The van der Waals surface area contributed by atoms with Crippen molar-refractivity contribution in [2.45, 2.75) is 12.5 Å². The summed E-state index contributed by atoms with van der Waals surface area (Å²) in [5, 5.41) is 3.72. The van der Waals surface area contributed by atoms with Crippen LogP contribution in [0.1, 0.15) is 18.2 Å². The number of furan rings is 1. The molecule has 3 nitrogen and oxygen atoms in total. The second kappa shape index (κ2) is 3.83. The lowest BCUT2D eigenvalue weighted by atomic mass is 10.1. The maximum absolute atomic E-state index is 5.96. The van der Waals surface area contributed by atoms with Crippen LogP contribution in [0.5, 0.6) is 0 Å². The highest BCUT2D eigenvalue weighted by Crippen LogP contribution is 2.31. The Morgan fingerprint density at radius 3 is 2.89 bits per heavy atom. The van der Waals surface area contributed by atoms with Crippen LogP contribution in [-0.2, 0) is 0 Å². The van der Waals surface area contributed by atoms with Gasteiger partial charge in [-0.25, -0.2) is 5.43 Å². The van der Waals surface area contributed by atoms with E-state index in [4.69, 9.17) is 4.42 Å². The van der Waals surface area contributed by atoms with E-state index in [0.717, 1.165) is 24.3 Å². The van der Waals surface area contributed by atoms with E-state index < -0.39 is 0 Å². The molecule has 1 aromatic heterocycles. The van der Waals surface area contributed by atoms with Gasteiger partial charge in [-0.05, 0) is 29.3 Å². The van der Waals surface area contributed by atoms with Crippen LogP contribution in [0.15, 0.2) is 46.9 Å². The molecule has 0 spiro atoms. The lowest BCUT2D eigenvalue weighted by Crippen LogP contribution is -2.24. The molecule has 1 aliphatic heterocycles. The average Bonchev–Trinajstić information content (AvgIpc) is 3.07. The summed E-state index contributed by atoms with van der Waals surface area (Å²) in [5.41, 5.74) is 7.35. The molecule has 2 heterocycles. The summed E-state index contributed by atoms with van der Waals surface area (Å²) in [4.78, 5) is 0. The Morgan fingerprint density at radius 2 is 2.00 bits per heavy atom. The average molecular weight is 238 g/mol. The monoisotopic (exact) mass is 238 g/mol. The molecule has 0 aliphatic carbocycles. The molecule has 2 aromatic carbocycles. The van der Waals surface area contributed by atoms with Crippen molar-refractivity contribution in [1.82, 2.24) is 10.9 Å². The smallest absolute Gasteiger partial charge is 0.135 e. The summed E-state index contributed by atoms with van der Waals surface area (Å²) >= 11 is 0. The largest absolute Gasteiger partial charge is 0.459 e. The van der Waals surface area contributed by atoms with Gasteiger partial charge in [0.15, 0.2) is 0 Å². The quantitative estimate of drug-likeness (QED) is 0.684. The van der Waals surface area contributed by atoms with E-state index in [2.05, 4.69) is 53.3 Å². The molecule has 3 heteroatoms. The fourth-order valence-electron chi connectivity index (χ4n) is 2.68. The van der Waals surface area contributed by atoms with Gasteiger partial charge in [0.25, 0.3) is 0 Å². The third-order valence-corrected chi connectivity index (χ3v) is 3.62. The van der Waals surface area contributed by atoms with E-state index in [1.54, 1.807) is 0 Å². The SMILES string of the molecule is c1ccc2c(c1)ccc1oc(C3CCNN3)cc12. The summed E-state index contributed by atoms with van der Waals surface area (Å²) < 4.78 is 5.96. The molecular weight excluding hydrogens is 224 g/mol. The van der Waals surface area contributed by atoms with Crippen LogP contribution in [-0.4, -0.2) is 6.54 Å². The topological polar surface area (TPSA) is 37.2 Å². The zero-order valence-electron chi connectivity index (χ0n) is 9.94. The Balaban J connectivity index is 1.95. The molecule has 0 saturated carbocycles. The molecule has 3 aromatic rings. The normalized spacial score (nSPS) is 19.9. The highest BCUT2D eigenvalue weighted by molar-refractivity contribution is 6.05. The molecule has 1 saturated heterocycles. The predicted octanol–water partition coefficient (Wildman–Crippen LogP) is 3.12. The molecular formula is C15H14N2O. The maximum Gasteiger partial charge on any atom is 0.135 e. The van der Waals surface area contributed by atoms with Gasteiger partial charge in [0, 0.05) is 11.9 Å². The van der Waals surface area contributed by atoms with Crippen LogP contribution in [0.2, 0.25) is 0 Å². The lowest BCUT2D eigenvalue weighted by Gasteiger charge is -2.03. The van der Waals surface area contributed by atoms with Crippen LogP contribution < -0.4 is 10.9 Å². The number of rotatable bonds is 1. The van der Waals surface area contributed by atoms with Gasteiger partial charge in [0.2, 0.25) is 0 Å². The van der Waals surface area contributed by atoms with E-state index in [0.29, 0.717) is 0 Å². The summed E-state index contributed by atoms with van der Waals surface area (Å²) in [6.45, 7) is 0.989. The zero-order valence-corrected chi connectivity index (χ0v) is 9.94. The number of benzene rings is 2. The second-order valence-electron chi connectivity index (χ2n) is 4.76. The molecule has 0 bridgehead atoms. The molecule has 0 radical (unpaired) electrons. The molecule has 1 fully saturated rings. The maximum atomic E-state index is 5.96. The minimum Gasteiger partial charge on any atom is -0.459 e. The van der Waals surface area contributed by atoms with Crippen LogP contribution in [0, 0.1) is 0 Å². The first-order chi connectivity index (χ1) is 8.92. The third-order valence-electron chi connectivity index (χ3n) is 3.62. The Labute approximate surface area is 105 Å². The highest BCUT2D eigenvalue weighted by atomic mass is 16.3. The van der Waals surface area contributed by atoms with E-state index in [9.17, 15) is 0 Å². The number of hydrogen-bond acceptors (Lipinski definition) is 3.